The van der Waals surface area contributed by atoms with Crippen molar-refractivity contribution in [3.63, 3.8) is 0 Å². The summed E-state index contributed by atoms with van der Waals surface area (Å²) in [4.78, 5) is 24.5. The van der Waals surface area contributed by atoms with Crippen LogP contribution in [0.1, 0.15) is 80.6 Å². The topological polar surface area (TPSA) is 68.5 Å². The van der Waals surface area contributed by atoms with Crippen molar-refractivity contribution in [1.29, 1.82) is 0 Å². The van der Waals surface area contributed by atoms with Gasteiger partial charge >= 0.3 is 5.97 Å². The second-order valence-electron chi connectivity index (χ2n) is 11.8. The minimum Gasteiger partial charge on any atom is -0.485 e. The first-order valence-electron chi connectivity index (χ1n) is 13.7. The van der Waals surface area contributed by atoms with Gasteiger partial charge in [0.05, 0.1) is 0 Å². The quantitative estimate of drug-likeness (QED) is 0.201. The Morgan fingerprint density at radius 2 is 1.59 bits per heavy atom. The number of hydrogen-bond donors (Lipinski definition) is 1. The number of carboxylic acid groups (broad SMARTS) is 1. The monoisotopic (exact) mass is 525 g/mol. The molecule has 0 radical (unpaired) electrons. The smallest absolute Gasteiger partial charge is 0.303 e. The average Bonchev–Trinajstić information content (AvgIpc) is 3.25. The van der Waals surface area contributed by atoms with Crippen molar-refractivity contribution >= 4 is 22.7 Å². The van der Waals surface area contributed by atoms with Crippen LogP contribution < -0.4 is 4.74 Å². The Morgan fingerprint density at radius 1 is 0.923 bits per heavy atom. The molecule has 0 amide bonds. The van der Waals surface area contributed by atoms with Gasteiger partial charge in [-0.3, -0.25) is 9.59 Å². The summed E-state index contributed by atoms with van der Waals surface area (Å²) < 4.78 is 8.48. The zero-order chi connectivity index (χ0) is 28.2. The Bertz CT molecular complexity index is 1420. The molecular weight excluding hydrogens is 486 g/mol. The van der Waals surface area contributed by atoms with Gasteiger partial charge in [0.2, 0.25) is 0 Å². The molecule has 0 fully saturated rings. The van der Waals surface area contributed by atoms with Crippen molar-refractivity contribution in [3.05, 3.63) is 101 Å². The fourth-order valence-corrected chi connectivity index (χ4v) is 5.03. The van der Waals surface area contributed by atoms with Gasteiger partial charge in [-0.1, -0.05) is 77.1 Å². The van der Waals surface area contributed by atoms with Crippen molar-refractivity contribution in [1.82, 2.24) is 4.57 Å². The summed E-state index contributed by atoms with van der Waals surface area (Å²) in [5.74, 6) is 0.443. The molecule has 0 saturated heterocycles. The second kappa shape index (κ2) is 11.9. The molecule has 1 unspecified atom stereocenters. The first-order valence-corrected chi connectivity index (χ1v) is 13.7. The number of nitrogens with zero attached hydrogens (tertiary/aromatic N) is 1. The highest BCUT2D eigenvalue weighted by atomic mass is 16.5. The molecule has 1 atom stereocenters. The maximum Gasteiger partial charge on any atom is 0.303 e. The fraction of sp³-hybridized carbons (Fsp3) is 0.353. The van der Waals surface area contributed by atoms with E-state index in [2.05, 4.69) is 58.9 Å². The van der Waals surface area contributed by atoms with Crippen LogP contribution in [0.25, 0.3) is 10.9 Å². The Morgan fingerprint density at radius 3 is 2.21 bits per heavy atom. The van der Waals surface area contributed by atoms with E-state index >= 15 is 0 Å². The van der Waals surface area contributed by atoms with Crippen LogP contribution in [0.3, 0.4) is 0 Å². The lowest BCUT2D eigenvalue weighted by atomic mass is 9.84. The molecule has 204 valence electrons. The minimum absolute atomic E-state index is 0.0668. The van der Waals surface area contributed by atoms with E-state index in [1.165, 1.54) is 5.56 Å². The third kappa shape index (κ3) is 6.97. The van der Waals surface area contributed by atoms with Crippen LogP contribution in [0.5, 0.6) is 5.75 Å². The lowest BCUT2D eigenvalue weighted by Crippen LogP contribution is -2.24. The van der Waals surface area contributed by atoms with Crippen LogP contribution in [0.15, 0.2) is 79.0 Å². The molecular formula is C34H39NO4. The Labute approximate surface area is 231 Å². The lowest BCUT2D eigenvalue weighted by Gasteiger charge is -2.32. The average molecular weight is 526 g/mol. The molecule has 5 nitrogen and oxygen atoms in total. The van der Waals surface area contributed by atoms with Crippen LogP contribution in [0, 0.1) is 11.3 Å². The third-order valence-electron chi connectivity index (χ3n) is 6.91. The van der Waals surface area contributed by atoms with E-state index in [4.69, 9.17) is 9.84 Å². The molecule has 3 aromatic carbocycles. The Balaban J connectivity index is 1.54. The van der Waals surface area contributed by atoms with E-state index in [1.54, 1.807) is 0 Å². The fourth-order valence-electron chi connectivity index (χ4n) is 5.03. The predicted octanol–water partition coefficient (Wildman–Crippen LogP) is 8.10. The molecule has 1 aromatic heterocycles. The van der Waals surface area contributed by atoms with Crippen molar-refractivity contribution in [2.24, 2.45) is 11.3 Å². The Hall–Kier alpha value is -3.86. The summed E-state index contributed by atoms with van der Waals surface area (Å²) in [6, 6.07) is 23.8. The largest absolute Gasteiger partial charge is 0.485 e. The van der Waals surface area contributed by atoms with E-state index in [-0.39, 0.29) is 23.7 Å². The van der Waals surface area contributed by atoms with E-state index in [0.29, 0.717) is 35.8 Å². The first-order chi connectivity index (χ1) is 18.5. The number of carbonyl (C=O) groups is 2. The third-order valence-corrected chi connectivity index (χ3v) is 6.91. The summed E-state index contributed by atoms with van der Waals surface area (Å²) in [6.07, 6.45) is 3.35. The Kier molecular flexibility index (Phi) is 8.59. The minimum atomic E-state index is -0.818. The number of carboxylic acids is 1. The molecule has 39 heavy (non-hydrogen) atoms. The summed E-state index contributed by atoms with van der Waals surface area (Å²) in [5, 5.41) is 9.87. The SMILES string of the molecule is CC(C)Cc1ccc(C(Oc2ccc(C(=O)c3cn(CCCC(=O)O)c4ccccc34)cc2)C(C)(C)C)cc1. The van der Waals surface area contributed by atoms with Crippen LogP contribution in [-0.2, 0) is 17.8 Å². The van der Waals surface area contributed by atoms with Gasteiger partial charge in [0, 0.05) is 46.6 Å². The van der Waals surface area contributed by atoms with E-state index < -0.39 is 5.97 Å². The number of aryl methyl sites for hydroxylation is 1. The molecule has 0 saturated carbocycles. The summed E-state index contributed by atoms with van der Waals surface area (Å²) >= 11 is 0. The molecule has 0 bridgehead atoms. The van der Waals surface area contributed by atoms with E-state index in [9.17, 15) is 9.59 Å². The van der Waals surface area contributed by atoms with Crippen molar-refractivity contribution < 1.29 is 19.4 Å². The molecule has 0 aliphatic rings. The van der Waals surface area contributed by atoms with Crippen molar-refractivity contribution in [3.8, 4) is 5.75 Å². The highest BCUT2D eigenvalue weighted by Gasteiger charge is 2.28. The highest BCUT2D eigenvalue weighted by molar-refractivity contribution is 6.16. The molecule has 0 aliphatic heterocycles. The second-order valence-corrected chi connectivity index (χ2v) is 11.8. The first kappa shape index (κ1) is 28.2. The van der Waals surface area contributed by atoms with Crippen LogP contribution in [-0.4, -0.2) is 21.4 Å². The highest BCUT2D eigenvalue weighted by Crippen LogP contribution is 2.37. The van der Waals surface area contributed by atoms with Gasteiger partial charge in [0.15, 0.2) is 5.78 Å². The van der Waals surface area contributed by atoms with Crippen LogP contribution in [0.4, 0.5) is 0 Å². The predicted molar refractivity (Wildman–Crippen MR) is 156 cm³/mol. The number of hydrogen-bond acceptors (Lipinski definition) is 3. The number of aromatic nitrogens is 1. The van der Waals surface area contributed by atoms with Gasteiger partial charge in [-0.15, -0.1) is 0 Å². The summed E-state index contributed by atoms with van der Waals surface area (Å²) in [6.45, 7) is 11.5. The molecule has 4 rings (SSSR count). The summed E-state index contributed by atoms with van der Waals surface area (Å²) in [7, 11) is 0. The van der Waals surface area contributed by atoms with Crippen LogP contribution in [0.2, 0.25) is 0 Å². The number of rotatable bonds is 11. The maximum absolute atomic E-state index is 13.5. The van der Waals surface area contributed by atoms with Gasteiger partial charge < -0.3 is 14.4 Å². The molecule has 1 heterocycles. The summed E-state index contributed by atoms with van der Waals surface area (Å²) in [5.41, 5.74) is 4.46. The van der Waals surface area contributed by atoms with Crippen molar-refractivity contribution in [2.75, 3.05) is 0 Å². The number of aliphatic carboxylic acids is 1. The van der Waals surface area contributed by atoms with E-state index in [0.717, 1.165) is 22.9 Å². The van der Waals surface area contributed by atoms with Crippen LogP contribution >= 0.6 is 0 Å². The number of carbonyl (C=O) groups excluding carboxylic acids is 1. The maximum atomic E-state index is 13.5. The van der Waals surface area contributed by atoms with Gasteiger partial charge in [-0.25, -0.2) is 0 Å². The van der Waals surface area contributed by atoms with Gasteiger partial charge in [-0.05, 0) is 60.2 Å². The van der Waals surface area contributed by atoms with Gasteiger partial charge in [-0.2, -0.15) is 0 Å². The molecule has 5 heteroatoms. The number of para-hydroxylation sites is 1. The van der Waals surface area contributed by atoms with Gasteiger partial charge in [0.1, 0.15) is 11.9 Å². The van der Waals surface area contributed by atoms with E-state index in [1.807, 2.05) is 59.3 Å². The zero-order valence-electron chi connectivity index (χ0n) is 23.6. The number of ether oxygens (including phenoxy) is 1. The number of fused-ring (bicyclic) bond motifs is 1. The molecule has 4 aromatic rings. The number of ketones is 1. The molecule has 1 N–H and O–H groups in total. The standard InChI is InChI=1S/C34H39NO4/c1-23(2)21-24-12-14-26(15-13-24)33(34(3,4)5)39-27-18-16-25(17-19-27)32(38)29-22-35(20-8-11-31(36)37)30-10-7-6-9-28(29)30/h6-7,9-10,12-19,22-23,33H,8,11,20-21H2,1-5H3,(H,36,37). The normalized spacial score (nSPS) is 12.6. The van der Waals surface area contributed by atoms with Crippen molar-refractivity contribution in [2.45, 2.75) is 66.5 Å². The number of benzene rings is 3. The molecule has 0 aliphatic carbocycles. The van der Waals surface area contributed by atoms with Gasteiger partial charge in [0.25, 0.3) is 0 Å². The molecule has 0 spiro atoms. The lowest BCUT2D eigenvalue weighted by molar-refractivity contribution is -0.137. The zero-order valence-corrected chi connectivity index (χ0v) is 23.6.